The first-order chi connectivity index (χ1) is 14.6. The Hall–Kier alpha value is -2.88. The molecule has 0 saturated carbocycles. The Morgan fingerprint density at radius 3 is 2.57 bits per heavy atom. The van der Waals surface area contributed by atoms with Gasteiger partial charge in [-0.05, 0) is 55.4 Å². The first-order valence-electron chi connectivity index (χ1n) is 11.2. The topological polar surface area (TPSA) is 49.4 Å². The van der Waals surface area contributed by atoms with Crippen molar-refractivity contribution in [2.24, 2.45) is 0 Å². The lowest BCUT2D eigenvalue weighted by Crippen LogP contribution is -2.42. The number of likely N-dealkylation sites (tertiary alicyclic amines) is 1. The molecule has 30 heavy (non-hydrogen) atoms. The van der Waals surface area contributed by atoms with E-state index in [1.807, 2.05) is 30.0 Å². The molecule has 1 unspecified atom stereocenters. The molecular formula is C26H28N2O2. The van der Waals surface area contributed by atoms with Crippen LogP contribution in [0.4, 0.5) is 0 Å². The van der Waals surface area contributed by atoms with Crippen molar-refractivity contribution in [3.05, 3.63) is 70.6 Å². The lowest BCUT2D eigenvalue weighted by Gasteiger charge is -2.37. The number of hydrogen-bond donors (Lipinski definition) is 1. The molecule has 2 aromatic rings. The summed E-state index contributed by atoms with van der Waals surface area (Å²) in [6.07, 6.45) is 5.59. The monoisotopic (exact) mass is 400 g/mol. The Labute approximate surface area is 177 Å². The third-order valence-corrected chi connectivity index (χ3v) is 6.78. The van der Waals surface area contributed by atoms with E-state index in [9.17, 15) is 9.59 Å². The first-order valence-corrected chi connectivity index (χ1v) is 11.2. The fraction of sp³-hybridized carbons (Fsp3) is 0.385. The highest BCUT2D eigenvalue weighted by Gasteiger charge is 2.40. The SMILES string of the molecule is CC1=C(C(=O)N2CCCCC2)C(c2cccc3ccccc23)C2=C(CCCC2=O)N1. The van der Waals surface area contributed by atoms with Crippen molar-refractivity contribution in [3.63, 3.8) is 0 Å². The van der Waals surface area contributed by atoms with Gasteiger partial charge in [0.25, 0.3) is 5.91 Å². The molecule has 2 aliphatic heterocycles. The van der Waals surface area contributed by atoms with E-state index in [1.54, 1.807) is 0 Å². The lowest BCUT2D eigenvalue weighted by atomic mass is 9.73. The van der Waals surface area contributed by atoms with E-state index in [1.165, 1.54) is 6.42 Å². The smallest absolute Gasteiger partial charge is 0.252 e. The predicted molar refractivity (Wildman–Crippen MR) is 119 cm³/mol. The second-order valence-electron chi connectivity index (χ2n) is 8.69. The van der Waals surface area contributed by atoms with Gasteiger partial charge in [-0.1, -0.05) is 42.5 Å². The number of carbonyl (C=O) groups is 2. The Bertz CT molecular complexity index is 1080. The zero-order valence-electron chi connectivity index (χ0n) is 17.5. The molecular weight excluding hydrogens is 372 g/mol. The van der Waals surface area contributed by atoms with Crippen molar-refractivity contribution in [1.29, 1.82) is 0 Å². The molecule has 1 atom stereocenters. The number of fused-ring (bicyclic) bond motifs is 1. The van der Waals surface area contributed by atoms with E-state index >= 15 is 0 Å². The molecule has 2 aromatic carbocycles. The maximum atomic E-state index is 13.8. The van der Waals surface area contributed by atoms with Crippen molar-refractivity contribution in [1.82, 2.24) is 10.2 Å². The van der Waals surface area contributed by atoms with Gasteiger partial charge in [-0.15, -0.1) is 0 Å². The molecule has 1 amide bonds. The van der Waals surface area contributed by atoms with Crippen LogP contribution < -0.4 is 5.32 Å². The molecule has 0 radical (unpaired) electrons. The minimum absolute atomic E-state index is 0.0857. The number of rotatable bonds is 2. The number of nitrogens with one attached hydrogen (secondary N) is 1. The summed E-state index contributed by atoms with van der Waals surface area (Å²) in [5, 5.41) is 5.72. The molecule has 0 aromatic heterocycles. The van der Waals surface area contributed by atoms with Crippen LogP contribution in [0.25, 0.3) is 10.8 Å². The van der Waals surface area contributed by atoms with Crippen LogP contribution in [0.3, 0.4) is 0 Å². The minimum atomic E-state index is -0.297. The molecule has 1 fully saturated rings. The molecule has 1 N–H and O–H groups in total. The summed E-state index contributed by atoms with van der Waals surface area (Å²) in [4.78, 5) is 28.9. The summed E-state index contributed by atoms with van der Waals surface area (Å²) in [7, 11) is 0. The summed E-state index contributed by atoms with van der Waals surface area (Å²) in [6.45, 7) is 3.60. The fourth-order valence-corrected chi connectivity index (χ4v) is 5.35. The maximum Gasteiger partial charge on any atom is 0.252 e. The van der Waals surface area contributed by atoms with Crippen molar-refractivity contribution in [3.8, 4) is 0 Å². The van der Waals surface area contributed by atoms with Crippen molar-refractivity contribution in [2.45, 2.75) is 51.4 Å². The summed E-state index contributed by atoms with van der Waals surface area (Å²) >= 11 is 0. The largest absolute Gasteiger partial charge is 0.362 e. The molecule has 1 saturated heterocycles. The number of piperidine rings is 1. The maximum absolute atomic E-state index is 13.8. The summed E-state index contributed by atoms with van der Waals surface area (Å²) in [5.41, 5.74) is 4.54. The van der Waals surface area contributed by atoms with E-state index in [2.05, 4.69) is 29.6 Å². The van der Waals surface area contributed by atoms with Gasteiger partial charge in [-0.3, -0.25) is 9.59 Å². The number of benzene rings is 2. The molecule has 3 aliphatic rings. The Kier molecular flexibility index (Phi) is 4.93. The quantitative estimate of drug-likeness (QED) is 0.786. The highest BCUT2D eigenvalue weighted by molar-refractivity contribution is 6.06. The molecule has 4 heteroatoms. The van der Waals surface area contributed by atoms with Crippen LogP contribution in [0.1, 0.15) is 56.9 Å². The molecule has 0 bridgehead atoms. The molecule has 1 aliphatic carbocycles. The number of hydrogen-bond acceptors (Lipinski definition) is 3. The fourth-order valence-electron chi connectivity index (χ4n) is 5.35. The van der Waals surface area contributed by atoms with Crippen LogP contribution in [0.2, 0.25) is 0 Å². The Morgan fingerprint density at radius 1 is 0.967 bits per heavy atom. The standard InChI is InChI=1S/C26H28N2O2/c1-17-23(26(30)28-15-5-2-6-16-28)24(25-21(27-17)13-8-14-22(25)29)20-12-7-10-18-9-3-4-11-19(18)20/h3-4,7,9-12,24,27H,2,5-6,8,13-16H2,1H3. The summed E-state index contributed by atoms with van der Waals surface area (Å²) in [5.74, 6) is -0.0322. The van der Waals surface area contributed by atoms with Gasteiger partial charge >= 0.3 is 0 Å². The van der Waals surface area contributed by atoms with Gasteiger partial charge in [-0.2, -0.15) is 0 Å². The van der Waals surface area contributed by atoms with Gasteiger partial charge in [0.15, 0.2) is 5.78 Å². The van der Waals surface area contributed by atoms with Gasteiger partial charge in [0.2, 0.25) is 0 Å². The van der Waals surface area contributed by atoms with E-state index in [-0.39, 0.29) is 17.6 Å². The van der Waals surface area contributed by atoms with E-state index in [0.717, 1.165) is 77.6 Å². The van der Waals surface area contributed by atoms with Crippen LogP contribution in [-0.2, 0) is 9.59 Å². The second kappa shape index (κ2) is 7.75. The number of carbonyl (C=O) groups excluding carboxylic acids is 2. The molecule has 0 spiro atoms. The zero-order valence-corrected chi connectivity index (χ0v) is 17.5. The Morgan fingerprint density at radius 2 is 1.73 bits per heavy atom. The van der Waals surface area contributed by atoms with Crippen LogP contribution in [0.5, 0.6) is 0 Å². The molecule has 5 rings (SSSR count). The minimum Gasteiger partial charge on any atom is -0.362 e. The summed E-state index contributed by atoms with van der Waals surface area (Å²) < 4.78 is 0. The van der Waals surface area contributed by atoms with Crippen molar-refractivity contribution in [2.75, 3.05) is 13.1 Å². The zero-order chi connectivity index (χ0) is 20.7. The average Bonchev–Trinajstić information content (AvgIpc) is 2.78. The van der Waals surface area contributed by atoms with Gasteiger partial charge < -0.3 is 10.2 Å². The number of amides is 1. The van der Waals surface area contributed by atoms with Crippen LogP contribution in [0.15, 0.2) is 65.0 Å². The van der Waals surface area contributed by atoms with Gasteiger partial charge in [-0.25, -0.2) is 0 Å². The molecule has 4 nitrogen and oxygen atoms in total. The van der Waals surface area contributed by atoms with Crippen molar-refractivity contribution >= 4 is 22.5 Å². The highest BCUT2D eigenvalue weighted by atomic mass is 16.2. The summed E-state index contributed by atoms with van der Waals surface area (Å²) in [6, 6.07) is 14.5. The number of Topliss-reactive ketones (excluding diaryl/α,β-unsaturated/α-hetero) is 1. The van der Waals surface area contributed by atoms with Crippen LogP contribution >= 0.6 is 0 Å². The van der Waals surface area contributed by atoms with E-state index in [4.69, 9.17) is 0 Å². The van der Waals surface area contributed by atoms with Crippen LogP contribution in [0, 0.1) is 0 Å². The van der Waals surface area contributed by atoms with Gasteiger partial charge in [0.1, 0.15) is 0 Å². The number of nitrogens with zero attached hydrogens (tertiary/aromatic N) is 1. The van der Waals surface area contributed by atoms with Gasteiger partial charge in [0, 0.05) is 48.0 Å². The van der Waals surface area contributed by atoms with Crippen LogP contribution in [-0.4, -0.2) is 29.7 Å². The molecule has 2 heterocycles. The van der Waals surface area contributed by atoms with E-state index in [0.29, 0.717) is 6.42 Å². The molecule has 154 valence electrons. The first kappa shape index (κ1) is 19.1. The highest BCUT2D eigenvalue weighted by Crippen LogP contribution is 2.44. The Balaban J connectivity index is 1.70. The average molecular weight is 401 g/mol. The second-order valence-corrected chi connectivity index (χ2v) is 8.69. The normalized spacial score (nSPS) is 22.2. The number of allylic oxidation sites excluding steroid dienone is 3. The third kappa shape index (κ3) is 3.15. The number of ketones is 1. The van der Waals surface area contributed by atoms with Gasteiger partial charge in [0.05, 0.1) is 0 Å². The van der Waals surface area contributed by atoms with E-state index < -0.39 is 0 Å². The predicted octanol–water partition coefficient (Wildman–Crippen LogP) is 4.82. The lowest BCUT2D eigenvalue weighted by molar-refractivity contribution is -0.128. The number of dihydropyridines is 1. The third-order valence-electron chi connectivity index (χ3n) is 6.78. The van der Waals surface area contributed by atoms with Crippen molar-refractivity contribution < 1.29 is 9.59 Å².